The SMILES string of the molecule is CC(CC[C@H](C)N1CCOCC1)N1CC2(CCCCN2)C1. The molecule has 3 aliphatic heterocycles. The molecule has 0 aromatic carbocycles. The third-order valence-corrected chi connectivity index (χ3v) is 5.89. The maximum Gasteiger partial charge on any atom is 0.0594 e. The molecule has 3 saturated heterocycles. The predicted octanol–water partition coefficient (Wildman–Crippen LogP) is 1.70. The van der Waals surface area contributed by atoms with Gasteiger partial charge in [0.05, 0.1) is 13.2 Å². The van der Waals surface area contributed by atoms with Gasteiger partial charge in [-0.1, -0.05) is 6.42 Å². The zero-order chi connectivity index (χ0) is 14.7. The smallest absolute Gasteiger partial charge is 0.0594 e. The van der Waals surface area contributed by atoms with Gasteiger partial charge in [-0.2, -0.15) is 0 Å². The van der Waals surface area contributed by atoms with E-state index in [4.69, 9.17) is 4.74 Å². The van der Waals surface area contributed by atoms with E-state index in [0.29, 0.717) is 11.6 Å². The number of rotatable bonds is 5. The predicted molar refractivity (Wildman–Crippen MR) is 86.7 cm³/mol. The normalized spacial score (nSPS) is 30.0. The number of nitrogens with one attached hydrogen (secondary N) is 1. The standard InChI is InChI=1S/C17H33N3O/c1-15(19-9-11-21-12-10-19)5-6-16(2)20-13-17(14-20)7-3-4-8-18-17/h15-16,18H,3-14H2,1-2H3/t15-,16?/m0/s1. The van der Waals surface area contributed by atoms with Crippen LogP contribution in [0.4, 0.5) is 0 Å². The van der Waals surface area contributed by atoms with E-state index in [9.17, 15) is 0 Å². The monoisotopic (exact) mass is 295 g/mol. The first kappa shape index (κ1) is 15.7. The van der Waals surface area contributed by atoms with E-state index in [-0.39, 0.29) is 0 Å². The lowest BCUT2D eigenvalue weighted by Gasteiger charge is -2.55. The molecule has 3 aliphatic rings. The summed E-state index contributed by atoms with van der Waals surface area (Å²) in [6, 6.07) is 1.45. The van der Waals surface area contributed by atoms with Crippen LogP contribution in [-0.4, -0.2) is 73.4 Å². The number of ether oxygens (including phenoxy) is 1. The molecule has 0 aromatic heterocycles. The number of likely N-dealkylation sites (tertiary alicyclic amines) is 1. The van der Waals surface area contributed by atoms with Gasteiger partial charge in [0, 0.05) is 43.8 Å². The van der Waals surface area contributed by atoms with Crippen LogP contribution in [-0.2, 0) is 4.74 Å². The fourth-order valence-electron chi connectivity index (χ4n) is 4.21. The van der Waals surface area contributed by atoms with Crippen molar-refractivity contribution in [1.29, 1.82) is 0 Å². The summed E-state index contributed by atoms with van der Waals surface area (Å²) in [5, 5.41) is 3.77. The van der Waals surface area contributed by atoms with Gasteiger partial charge >= 0.3 is 0 Å². The summed E-state index contributed by atoms with van der Waals surface area (Å²) in [5.74, 6) is 0. The van der Waals surface area contributed by atoms with E-state index in [1.165, 1.54) is 51.7 Å². The molecule has 4 nitrogen and oxygen atoms in total. The van der Waals surface area contributed by atoms with Crippen LogP contribution in [0.5, 0.6) is 0 Å². The zero-order valence-corrected chi connectivity index (χ0v) is 13.9. The molecule has 4 heteroatoms. The molecule has 0 amide bonds. The molecule has 3 fully saturated rings. The van der Waals surface area contributed by atoms with Gasteiger partial charge in [-0.05, 0) is 46.1 Å². The molecule has 0 radical (unpaired) electrons. The van der Waals surface area contributed by atoms with Gasteiger partial charge in [0.15, 0.2) is 0 Å². The first-order valence-electron chi connectivity index (χ1n) is 8.99. The number of morpholine rings is 1. The number of hydrogen-bond acceptors (Lipinski definition) is 4. The molecule has 0 saturated carbocycles. The Labute approximate surface area is 130 Å². The Morgan fingerprint density at radius 2 is 1.67 bits per heavy atom. The summed E-state index contributed by atoms with van der Waals surface area (Å²) in [6.07, 6.45) is 6.82. The first-order valence-corrected chi connectivity index (χ1v) is 8.99. The molecular weight excluding hydrogens is 262 g/mol. The van der Waals surface area contributed by atoms with E-state index in [2.05, 4.69) is 29.0 Å². The molecule has 3 rings (SSSR count). The maximum atomic E-state index is 5.45. The van der Waals surface area contributed by atoms with E-state index in [0.717, 1.165) is 32.3 Å². The largest absolute Gasteiger partial charge is 0.379 e. The van der Waals surface area contributed by atoms with Crippen molar-refractivity contribution in [2.75, 3.05) is 45.9 Å². The van der Waals surface area contributed by atoms with Crippen LogP contribution in [0.3, 0.4) is 0 Å². The Bertz CT molecular complexity index is 316. The second kappa shape index (κ2) is 6.95. The molecule has 122 valence electrons. The molecule has 0 aromatic rings. The van der Waals surface area contributed by atoms with E-state index < -0.39 is 0 Å². The second-order valence-corrected chi connectivity index (χ2v) is 7.49. The summed E-state index contributed by atoms with van der Waals surface area (Å²) in [6.45, 7) is 12.7. The number of hydrogen-bond donors (Lipinski definition) is 1. The lowest BCUT2D eigenvalue weighted by Crippen LogP contribution is -2.71. The second-order valence-electron chi connectivity index (χ2n) is 7.49. The van der Waals surface area contributed by atoms with E-state index >= 15 is 0 Å². The Kier molecular flexibility index (Phi) is 5.20. The molecule has 1 N–H and O–H groups in total. The Morgan fingerprint density at radius 3 is 2.29 bits per heavy atom. The number of nitrogens with zero attached hydrogens (tertiary/aromatic N) is 2. The van der Waals surface area contributed by atoms with Crippen LogP contribution in [0.25, 0.3) is 0 Å². The van der Waals surface area contributed by atoms with Crippen molar-refractivity contribution in [1.82, 2.24) is 15.1 Å². The van der Waals surface area contributed by atoms with Gasteiger partial charge in [-0.15, -0.1) is 0 Å². The molecule has 3 heterocycles. The quantitative estimate of drug-likeness (QED) is 0.835. The van der Waals surface area contributed by atoms with Gasteiger partial charge in [-0.3, -0.25) is 9.80 Å². The van der Waals surface area contributed by atoms with Crippen molar-refractivity contribution >= 4 is 0 Å². The third kappa shape index (κ3) is 3.79. The summed E-state index contributed by atoms with van der Waals surface area (Å²) >= 11 is 0. The summed E-state index contributed by atoms with van der Waals surface area (Å²) < 4.78 is 5.45. The van der Waals surface area contributed by atoms with Crippen LogP contribution in [0.2, 0.25) is 0 Å². The van der Waals surface area contributed by atoms with Crippen molar-refractivity contribution in [3.05, 3.63) is 0 Å². The van der Waals surface area contributed by atoms with E-state index in [1.54, 1.807) is 0 Å². The van der Waals surface area contributed by atoms with Crippen molar-refractivity contribution in [2.45, 2.75) is 63.6 Å². The van der Waals surface area contributed by atoms with Crippen molar-refractivity contribution in [3.63, 3.8) is 0 Å². The van der Waals surface area contributed by atoms with Crippen molar-refractivity contribution < 1.29 is 4.74 Å². The highest BCUT2D eigenvalue weighted by Gasteiger charge is 2.44. The van der Waals surface area contributed by atoms with E-state index in [1.807, 2.05) is 0 Å². The van der Waals surface area contributed by atoms with Crippen molar-refractivity contribution in [2.24, 2.45) is 0 Å². The molecule has 21 heavy (non-hydrogen) atoms. The molecule has 0 bridgehead atoms. The fourth-order valence-corrected chi connectivity index (χ4v) is 4.21. The van der Waals surface area contributed by atoms with Crippen LogP contribution >= 0.6 is 0 Å². The minimum atomic E-state index is 0.488. The Morgan fingerprint density at radius 1 is 1.00 bits per heavy atom. The molecular formula is C17H33N3O. The first-order chi connectivity index (χ1) is 10.2. The highest BCUT2D eigenvalue weighted by molar-refractivity contribution is 5.05. The topological polar surface area (TPSA) is 27.7 Å². The Hall–Kier alpha value is -0.160. The average molecular weight is 295 g/mol. The molecule has 2 atom stereocenters. The van der Waals surface area contributed by atoms with Crippen LogP contribution in [0.15, 0.2) is 0 Å². The molecule has 1 spiro atoms. The average Bonchev–Trinajstić information content (AvgIpc) is 2.51. The van der Waals surface area contributed by atoms with Gasteiger partial charge in [0.2, 0.25) is 0 Å². The van der Waals surface area contributed by atoms with Crippen LogP contribution < -0.4 is 5.32 Å². The Balaban J connectivity index is 1.36. The third-order valence-electron chi connectivity index (χ3n) is 5.89. The lowest BCUT2D eigenvalue weighted by molar-refractivity contribution is -0.0131. The maximum absolute atomic E-state index is 5.45. The fraction of sp³-hybridized carbons (Fsp3) is 1.00. The van der Waals surface area contributed by atoms with Crippen LogP contribution in [0, 0.1) is 0 Å². The highest BCUT2D eigenvalue weighted by Crippen LogP contribution is 2.32. The summed E-state index contributed by atoms with van der Waals surface area (Å²) in [7, 11) is 0. The number of piperidine rings is 1. The summed E-state index contributed by atoms with van der Waals surface area (Å²) in [4.78, 5) is 5.28. The van der Waals surface area contributed by atoms with Gasteiger partial charge in [0.1, 0.15) is 0 Å². The molecule has 1 unspecified atom stereocenters. The minimum Gasteiger partial charge on any atom is -0.379 e. The zero-order valence-electron chi connectivity index (χ0n) is 13.9. The highest BCUT2D eigenvalue weighted by atomic mass is 16.5. The van der Waals surface area contributed by atoms with Crippen LogP contribution in [0.1, 0.15) is 46.0 Å². The van der Waals surface area contributed by atoms with Gasteiger partial charge < -0.3 is 10.1 Å². The minimum absolute atomic E-state index is 0.488. The lowest BCUT2D eigenvalue weighted by atomic mass is 9.80. The molecule has 0 aliphatic carbocycles. The van der Waals surface area contributed by atoms with Crippen molar-refractivity contribution in [3.8, 4) is 0 Å². The van der Waals surface area contributed by atoms with Gasteiger partial charge in [-0.25, -0.2) is 0 Å². The van der Waals surface area contributed by atoms with Gasteiger partial charge in [0.25, 0.3) is 0 Å². The summed E-state index contributed by atoms with van der Waals surface area (Å²) in [5.41, 5.74) is 0.488.